The van der Waals surface area contributed by atoms with E-state index in [1.807, 2.05) is 0 Å². The minimum Gasteiger partial charge on any atom is -0.507 e. The molecule has 0 heterocycles. The molecule has 21 heavy (non-hydrogen) atoms. The van der Waals surface area contributed by atoms with Crippen LogP contribution in [0.3, 0.4) is 0 Å². The molecule has 2 aliphatic rings. The average molecular weight is 353 g/mol. The zero-order chi connectivity index (χ0) is 15.5. The maximum Gasteiger partial charge on any atom is 0.194 e. The number of hydrogen-bond donors (Lipinski definition) is 3. The van der Waals surface area contributed by atoms with Crippen molar-refractivity contribution in [2.45, 2.75) is 30.2 Å². The van der Waals surface area contributed by atoms with Crippen LogP contribution < -0.4 is 0 Å². The number of fused-ring (bicyclic) bond motifs is 1. The van der Waals surface area contributed by atoms with Crippen LogP contribution in [-0.4, -0.2) is 37.3 Å². The van der Waals surface area contributed by atoms with Gasteiger partial charge in [0, 0.05) is 17.6 Å². The van der Waals surface area contributed by atoms with Crippen molar-refractivity contribution in [1.29, 1.82) is 0 Å². The molecule has 3 N–H and O–H groups in total. The summed E-state index contributed by atoms with van der Waals surface area (Å²) in [6.07, 6.45) is -0.590. The third kappa shape index (κ3) is 1.93. The maximum absolute atomic E-state index is 12.6. The first-order valence-corrected chi connectivity index (χ1v) is 7.26. The first-order valence-electron chi connectivity index (χ1n) is 6.47. The quantitative estimate of drug-likeness (QED) is 0.490. The number of phenolic OH excluding ortho intramolecular Hbond substituents is 2. The van der Waals surface area contributed by atoms with Gasteiger partial charge in [-0.05, 0) is 25.5 Å². The van der Waals surface area contributed by atoms with Crippen molar-refractivity contribution < 1.29 is 24.9 Å². The van der Waals surface area contributed by atoms with Gasteiger partial charge in [0.1, 0.15) is 11.5 Å². The van der Waals surface area contributed by atoms with E-state index in [2.05, 4.69) is 15.9 Å². The van der Waals surface area contributed by atoms with Crippen LogP contribution in [0.15, 0.2) is 23.3 Å². The second-order valence-electron chi connectivity index (χ2n) is 5.64. The van der Waals surface area contributed by atoms with Crippen LogP contribution in [0, 0.1) is 0 Å². The van der Waals surface area contributed by atoms with Gasteiger partial charge in [-0.3, -0.25) is 9.59 Å². The summed E-state index contributed by atoms with van der Waals surface area (Å²) in [6, 6.07) is 2.37. The number of halogens is 1. The molecule has 0 saturated carbocycles. The molecule has 0 amide bonds. The molecule has 0 bridgehead atoms. The van der Waals surface area contributed by atoms with Gasteiger partial charge in [0.25, 0.3) is 0 Å². The van der Waals surface area contributed by atoms with Gasteiger partial charge < -0.3 is 15.3 Å². The molecule has 2 atom stereocenters. The van der Waals surface area contributed by atoms with Crippen molar-refractivity contribution in [1.82, 2.24) is 0 Å². The van der Waals surface area contributed by atoms with Gasteiger partial charge in [-0.25, -0.2) is 0 Å². The van der Waals surface area contributed by atoms with Gasteiger partial charge in [0.2, 0.25) is 0 Å². The average Bonchev–Trinajstić information content (AvgIpc) is 2.40. The van der Waals surface area contributed by atoms with E-state index in [-0.39, 0.29) is 46.6 Å². The molecule has 0 spiro atoms. The second-order valence-corrected chi connectivity index (χ2v) is 7.46. The number of phenols is 2. The van der Waals surface area contributed by atoms with Crippen molar-refractivity contribution in [3.8, 4) is 11.5 Å². The normalized spacial score (nSPS) is 28.4. The van der Waals surface area contributed by atoms with Crippen LogP contribution in [0.4, 0.5) is 0 Å². The van der Waals surface area contributed by atoms with E-state index in [0.29, 0.717) is 0 Å². The standard InChI is InChI=1S/C15H13BrO5/c1-15(16)5-7-6(4-10(15)19)13(20)11-8(17)2-3-9(18)12(11)14(7)21/h2-3,10,17-19H,4-5H2,1H3. The molecule has 1 aromatic rings. The van der Waals surface area contributed by atoms with Crippen molar-refractivity contribution in [3.63, 3.8) is 0 Å². The van der Waals surface area contributed by atoms with Crippen molar-refractivity contribution in [3.05, 3.63) is 34.4 Å². The van der Waals surface area contributed by atoms with E-state index in [0.717, 1.165) is 0 Å². The summed E-state index contributed by atoms with van der Waals surface area (Å²) in [5, 5.41) is 29.8. The Labute approximate surface area is 129 Å². The molecule has 5 nitrogen and oxygen atoms in total. The molecule has 6 heteroatoms. The number of benzene rings is 1. The first-order chi connectivity index (χ1) is 9.74. The number of aliphatic hydroxyl groups excluding tert-OH is 1. The highest BCUT2D eigenvalue weighted by Gasteiger charge is 2.45. The molecular formula is C15H13BrO5. The number of hydrogen-bond acceptors (Lipinski definition) is 5. The Morgan fingerprint density at radius 1 is 1.10 bits per heavy atom. The third-order valence-electron chi connectivity index (χ3n) is 4.14. The Morgan fingerprint density at radius 3 is 2.10 bits per heavy atom. The van der Waals surface area contributed by atoms with Gasteiger partial charge in [-0.15, -0.1) is 0 Å². The molecule has 0 aromatic heterocycles. The summed E-state index contributed by atoms with van der Waals surface area (Å²) in [4.78, 5) is 25.1. The zero-order valence-electron chi connectivity index (χ0n) is 11.2. The summed E-state index contributed by atoms with van der Waals surface area (Å²) >= 11 is 3.38. The van der Waals surface area contributed by atoms with Gasteiger partial charge in [0.15, 0.2) is 11.6 Å². The highest BCUT2D eigenvalue weighted by molar-refractivity contribution is 9.10. The van der Waals surface area contributed by atoms with Crippen LogP contribution in [0.1, 0.15) is 40.5 Å². The lowest BCUT2D eigenvalue weighted by Gasteiger charge is -2.37. The van der Waals surface area contributed by atoms with E-state index < -0.39 is 22.0 Å². The molecule has 0 radical (unpaired) electrons. The lowest BCUT2D eigenvalue weighted by atomic mass is 9.73. The number of carbonyl (C=O) groups is 2. The Balaban J connectivity index is 2.24. The topological polar surface area (TPSA) is 94.8 Å². The van der Waals surface area contributed by atoms with Crippen molar-refractivity contribution >= 4 is 27.5 Å². The molecular weight excluding hydrogens is 340 g/mol. The molecule has 110 valence electrons. The van der Waals surface area contributed by atoms with Gasteiger partial charge in [0.05, 0.1) is 21.6 Å². The molecule has 2 unspecified atom stereocenters. The van der Waals surface area contributed by atoms with E-state index in [9.17, 15) is 24.9 Å². The van der Waals surface area contributed by atoms with Crippen LogP contribution >= 0.6 is 15.9 Å². The lowest BCUT2D eigenvalue weighted by Crippen LogP contribution is -2.41. The molecule has 3 rings (SSSR count). The number of carbonyl (C=O) groups excluding carboxylic acids is 2. The van der Waals surface area contributed by atoms with Gasteiger partial charge in [-0.2, -0.15) is 0 Å². The zero-order valence-corrected chi connectivity index (χ0v) is 12.8. The predicted molar refractivity (Wildman–Crippen MR) is 78.0 cm³/mol. The highest BCUT2D eigenvalue weighted by Crippen LogP contribution is 2.46. The molecule has 0 fully saturated rings. The Kier molecular flexibility index (Phi) is 3.00. The summed E-state index contributed by atoms with van der Waals surface area (Å²) in [5.74, 6) is -1.63. The molecule has 0 saturated heterocycles. The number of alkyl halides is 1. The maximum atomic E-state index is 12.6. The number of allylic oxidation sites excluding steroid dienone is 1. The van der Waals surface area contributed by atoms with Crippen molar-refractivity contribution in [2.75, 3.05) is 0 Å². The van der Waals surface area contributed by atoms with Crippen LogP contribution in [0.2, 0.25) is 0 Å². The number of aliphatic hydroxyl groups is 1. The van der Waals surface area contributed by atoms with E-state index >= 15 is 0 Å². The fourth-order valence-corrected chi connectivity index (χ4v) is 3.33. The second kappa shape index (κ2) is 4.42. The molecule has 2 aliphatic carbocycles. The predicted octanol–water partition coefficient (Wildman–Crippen LogP) is 2.08. The fraction of sp³-hybridized carbons (Fsp3) is 0.333. The first kappa shape index (κ1) is 14.3. The SMILES string of the molecule is CC1(Br)CC2=C(CC1O)C(=O)c1c(O)ccc(O)c1C2=O. The summed E-state index contributed by atoms with van der Waals surface area (Å²) in [6.45, 7) is 1.75. The minimum atomic E-state index is -0.811. The smallest absolute Gasteiger partial charge is 0.194 e. The van der Waals surface area contributed by atoms with Crippen LogP contribution in [-0.2, 0) is 0 Å². The molecule has 0 aliphatic heterocycles. The van der Waals surface area contributed by atoms with Crippen molar-refractivity contribution in [2.24, 2.45) is 0 Å². The number of ketones is 2. The molecule has 1 aromatic carbocycles. The van der Waals surface area contributed by atoms with Gasteiger partial charge in [-0.1, -0.05) is 15.9 Å². The number of rotatable bonds is 0. The van der Waals surface area contributed by atoms with Gasteiger partial charge >= 0.3 is 0 Å². The van der Waals surface area contributed by atoms with Crippen LogP contribution in [0.25, 0.3) is 0 Å². The summed E-state index contributed by atoms with van der Waals surface area (Å²) in [5.41, 5.74) is 0.179. The minimum absolute atomic E-state index is 0.0379. The van der Waals surface area contributed by atoms with E-state index in [4.69, 9.17) is 0 Å². The monoisotopic (exact) mass is 352 g/mol. The Morgan fingerprint density at radius 2 is 1.57 bits per heavy atom. The lowest BCUT2D eigenvalue weighted by molar-refractivity contribution is 0.0894. The summed E-state index contributed by atoms with van der Waals surface area (Å²) in [7, 11) is 0. The fourth-order valence-electron chi connectivity index (χ4n) is 2.89. The van der Waals surface area contributed by atoms with Crippen LogP contribution in [0.5, 0.6) is 11.5 Å². The van der Waals surface area contributed by atoms with E-state index in [1.165, 1.54) is 12.1 Å². The summed E-state index contributed by atoms with van der Waals surface area (Å²) < 4.78 is -0.703. The number of Topliss-reactive ketones (excluding diaryl/α,β-unsaturated/α-hetero) is 2. The third-order valence-corrected chi connectivity index (χ3v) is 4.95. The Hall–Kier alpha value is -1.66. The largest absolute Gasteiger partial charge is 0.507 e. The number of aromatic hydroxyl groups is 2. The Bertz CT molecular complexity index is 717. The highest BCUT2D eigenvalue weighted by atomic mass is 79.9. The van der Waals surface area contributed by atoms with E-state index in [1.54, 1.807) is 6.92 Å².